The number of amides is 4. The molecule has 188 valence electrons. The summed E-state index contributed by atoms with van der Waals surface area (Å²) in [7, 11) is -4.02. The zero-order valence-electron chi connectivity index (χ0n) is 19.5. The molecule has 36 heavy (non-hydrogen) atoms. The Morgan fingerprint density at radius 3 is 2.06 bits per heavy atom. The lowest BCUT2D eigenvalue weighted by atomic mass is 10.2. The van der Waals surface area contributed by atoms with Gasteiger partial charge in [0.15, 0.2) is 0 Å². The van der Waals surface area contributed by atoms with Gasteiger partial charge in [0.05, 0.1) is 17.1 Å². The van der Waals surface area contributed by atoms with E-state index in [1.165, 1.54) is 36.4 Å². The minimum atomic E-state index is -4.02. The number of para-hydroxylation sites is 1. The van der Waals surface area contributed by atoms with Gasteiger partial charge in [0, 0.05) is 17.9 Å². The zero-order chi connectivity index (χ0) is 26.0. The van der Waals surface area contributed by atoms with E-state index in [0.717, 1.165) is 5.56 Å². The molecule has 0 heterocycles. The van der Waals surface area contributed by atoms with E-state index in [1.807, 2.05) is 29.8 Å². The highest BCUT2D eigenvalue weighted by Gasteiger charge is 2.17. The highest BCUT2D eigenvalue weighted by molar-refractivity contribution is 7.90. The van der Waals surface area contributed by atoms with E-state index in [2.05, 4.69) is 16.0 Å². The molecule has 3 rings (SSSR count). The largest absolute Gasteiger partial charge is 0.462 e. The molecule has 0 saturated carbocycles. The molecular formula is C25H26N4O6S. The molecule has 0 radical (unpaired) electrons. The van der Waals surface area contributed by atoms with Crippen molar-refractivity contribution in [3.63, 3.8) is 0 Å². The molecule has 0 spiro atoms. The maximum absolute atomic E-state index is 12.3. The van der Waals surface area contributed by atoms with Crippen LogP contribution in [0.25, 0.3) is 0 Å². The van der Waals surface area contributed by atoms with Gasteiger partial charge >= 0.3 is 18.0 Å². The molecule has 11 heteroatoms. The van der Waals surface area contributed by atoms with Crippen LogP contribution in [0.3, 0.4) is 0 Å². The molecule has 10 nitrogen and oxygen atoms in total. The molecule has 4 amide bonds. The molecule has 0 atom stereocenters. The average Bonchev–Trinajstić information content (AvgIpc) is 2.84. The van der Waals surface area contributed by atoms with Crippen LogP contribution in [0.2, 0.25) is 0 Å². The second kappa shape index (κ2) is 12.4. The number of ether oxygens (including phenoxy) is 1. The first-order chi connectivity index (χ1) is 17.2. The number of sulfonamides is 1. The predicted octanol–water partition coefficient (Wildman–Crippen LogP) is 3.87. The Morgan fingerprint density at radius 2 is 1.39 bits per heavy atom. The van der Waals surface area contributed by atoms with Crippen LogP contribution in [0, 0.1) is 6.92 Å². The number of rotatable bonds is 9. The Bertz CT molecular complexity index is 1290. The van der Waals surface area contributed by atoms with Crippen LogP contribution >= 0.6 is 0 Å². The van der Waals surface area contributed by atoms with Gasteiger partial charge in [0.25, 0.3) is 10.0 Å². The Morgan fingerprint density at radius 1 is 0.778 bits per heavy atom. The van der Waals surface area contributed by atoms with Crippen LogP contribution in [-0.4, -0.2) is 39.6 Å². The van der Waals surface area contributed by atoms with Gasteiger partial charge in [-0.05, 0) is 61.9 Å². The number of hydrogen-bond donors (Lipinski definition) is 4. The Hall–Kier alpha value is -4.38. The summed E-state index contributed by atoms with van der Waals surface area (Å²) in [5.41, 5.74) is 2.10. The monoisotopic (exact) mass is 510 g/mol. The van der Waals surface area contributed by atoms with Crippen molar-refractivity contribution >= 4 is 39.4 Å². The van der Waals surface area contributed by atoms with Crippen LogP contribution in [0.15, 0.2) is 83.8 Å². The van der Waals surface area contributed by atoms with Gasteiger partial charge in [-0.2, -0.15) is 0 Å². The fourth-order valence-corrected chi connectivity index (χ4v) is 3.87. The Kier molecular flexibility index (Phi) is 9.01. The topological polar surface area (TPSA) is 143 Å². The predicted molar refractivity (Wildman–Crippen MR) is 135 cm³/mol. The van der Waals surface area contributed by atoms with Crippen molar-refractivity contribution in [3.8, 4) is 0 Å². The van der Waals surface area contributed by atoms with Crippen molar-refractivity contribution < 1.29 is 27.5 Å². The van der Waals surface area contributed by atoms with Gasteiger partial charge in [-0.3, -0.25) is 0 Å². The molecule has 0 fully saturated rings. The highest BCUT2D eigenvalue weighted by Crippen LogP contribution is 2.13. The summed E-state index contributed by atoms with van der Waals surface area (Å²) >= 11 is 0. The normalized spacial score (nSPS) is 10.7. The van der Waals surface area contributed by atoms with Crippen molar-refractivity contribution in [2.75, 3.05) is 23.8 Å². The van der Waals surface area contributed by atoms with Crippen molar-refractivity contribution in [1.82, 2.24) is 10.0 Å². The molecule has 0 aliphatic heterocycles. The maximum atomic E-state index is 12.3. The lowest BCUT2D eigenvalue weighted by molar-refractivity contribution is 0.0501. The Balaban J connectivity index is 1.38. The van der Waals surface area contributed by atoms with Crippen LogP contribution in [-0.2, 0) is 14.8 Å². The quantitative estimate of drug-likeness (QED) is 0.254. The van der Waals surface area contributed by atoms with E-state index < -0.39 is 22.0 Å². The van der Waals surface area contributed by atoms with Crippen LogP contribution < -0.4 is 20.7 Å². The average molecular weight is 511 g/mol. The Labute approximate surface area is 209 Å². The first-order valence-electron chi connectivity index (χ1n) is 11.0. The number of benzene rings is 3. The number of esters is 1. The molecule has 0 aromatic heterocycles. The third kappa shape index (κ3) is 8.13. The second-order valence-electron chi connectivity index (χ2n) is 7.69. The molecule has 3 aromatic rings. The highest BCUT2D eigenvalue weighted by atomic mass is 32.2. The van der Waals surface area contributed by atoms with E-state index in [-0.39, 0.29) is 28.8 Å². The summed E-state index contributed by atoms with van der Waals surface area (Å²) in [6, 6.07) is 19.6. The molecule has 0 saturated heterocycles. The number of carbonyl (C=O) groups is 3. The van der Waals surface area contributed by atoms with Crippen LogP contribution in [0.5, 0.6) is 0 Å². The third-order valence-corrected chi connectivity index (χ3v) is 6.16. The summed E-state index contributed by atoms with van der Waals surface area (Å²) in [6.45, 7) is 2.24. The number of urea groups is 2. The second-order valence-corrected chi connectivity index (χ2v) is 9.37. The van der Waals surface area contributed by atoms with E-state index in [9.17, 15) is 22.8 Å². The number of carbonyl (C=O) groups excluding carboxylic acids is 3. The minimum absolute atomic E-state index is 0.0339. The van der Waals surface area contributed by atoms with Crippen LogP contribution in [0.4, 0.5) is 21.0 Å². The lowest BCUT2D eigenvalue weighted by Gasteiger charge is -2.10. The van der Waals surface area contributed by atoms with E-state index >= 15 is 0 Å². The summed E-state index contributed by atoms with van der Waals surface area (Å²) in [5, 5.41) is 7.76. The van der Waals surface area contributed by atoms with Gasteiger partial charge in [-0.25, -0.2) is 27.5 Å². The summed E-state index contributed by atoms with van der Waals surface area (Å²) in [5.74, 6) is -0.568. The van der Waals surface area contributed by atoms with Crippen molar-refractivity contribution in [2.45, 2.75) is 18.2 Å². The van der Waals surface area contributed by atoms with Crippen LogP contribution in [0.1, 0.15) is 22.3 Å². The first kappa shape index (κ1) is 26.2. The summed E-state index contributed by atoms with van der Waals surface area (Å²) < 4.78 is 31.7. The fraction of sp³-hybridized carbons (Fsp3) is 0.160. The van der Waals surface area contributed by atoms with E-state index in [4.69, 9.17) is 4.74 Å². The molecule has 0 aliphatic carbocycles. The molecule has 4 N–H and O–H groups in total. The lowest BCUT2D eigenvalue weighted by Crippen LogP contribution is -2.34. The summed E-state index contributed by atoms with van der Waals surface area (Å²) in [4.78, 5) is 36.1. The number of aryl methyl sites for hydroxylation is 1. The number of nitrogens with one attached hydrogen (secondary N) is 4. The smallest absolute Gasteiger partial charge is 0.338 e. The standard InChI is InChI=1S/C25H26N4O6S/c1-18-8-14-22(15-9-18)36(33,34)29-25(32)28-21-12-10-19(11-13-21)23(30)35-17-5-16-26-24(31)27-20-6-3-2-4-7-20/h2-4,6-15H,5,16-17H2,1H3,(H2,26,27,31)(H2,28,29,32). The van der Waals surface area contributed by atoms with E-state index in [0.29, 0.717) is 18.7 Å². The molecule has 0 bridgehead atoms. The minimum Gasteiger partial charge on any atom is -0.462 e. The van der Waals surface area contributed by atoms with Crippen molar-refractivity contribution in [2.24, 2.45) is 0 Å². The van der Waals surface area contributed by atoms with Crippen molar-refractivity contribution in [3.05, 3.63) is 90.0 Å². The SMILES string of the molecule is Cc1ccc(S(=O)(=O)NC(=O)Nc2ccc(C(=O)OCCCNC(=O)Nc3ccccc3)cc2)cc1. The van der Waals surface area contributed by atoms with Gasteiger partial charge in [0.1, 0.15) is 0 Å². The fourth-order valence-electron chi connectivity index (χ4n) is 2.96. The molecule has 0 aliphatic rings. The van der Waals surface area contributed by atoms with Gasteiger partial charge < -0.3 is 20.7 Å². The maximum Gasteiger partial charge on any atom is 0.338 e. The summed E-state index contributed by atoms with van der Waals surface area (Å²) in [6.07, 6.45) is 0.420. The van der Waals surface area contributed by atoms with Gasteiger partial charge in [-0.1, -0.05) is 35.9 Å². The third-order valence-electron chi connectivity index (χ3n) is 4.81. The van der Waals surface area contributed by atoms with Crippen molar-refractivity contribution in [1.29, 1.82) is 0 Å². The van der Waals surface area contributed by atoms with Gasteiger partial charge in [0.2, 0.25) is 0 Å². The first-order valence-corrected chi connectivity index (χ1v) is 12.5. The molecular weight excluding hydrogens is 484 g/mol. The number of hydrogen-bond acceptors (Lipinski definition) is 6. The van der Waals surface area contributed by atoms with E-state index in [1.54, 1.807) is 24.3 Å². The molecule has 3 aromatic carbocycles. The van der Waals surface area contributed by atoms with Gasteiger partial charge in [-0.15, -0.1) is 0 Å². The number of anilines is 2. The molecule has 0 unspecified atom stereocenters. The zero-order valence-corrected chi connectivity index (χ0v) is 20.3.